The van der Waals surface area contributed by atoms with E-state index in [4.69, 9.17) is 4.74 Å². The maximum atomic E-state index is 12.7. The molecule has 1 amide bonds. The maximum absolute atomic E-state index is 12.7. The SMILES string of the molecule is Cc1cc(C(=O)COC(=O)[C@@H](NC(=O)Cc2ccccc2)C(C)C)c(C)n1C1CC1. The first-order valence-corrected chi connectivity index (χ1v) is 10.5. The van der Waals surface area contributed by atoms with Crippen LogP contribution in [0.4, 0.5) is 0 Å². The molecule has 1 heterocycles. The summed E-state index contributed by atoms with van der Waals surface area (Å²) < 4.78 is 7.49. The van der Waals surface area contributed by atoms with E-state index in [-0.39, 0.29) is 30.6 Å². The number of rotatable bonds is 9. The number of aromatic nitrogens is 1. The van der Waals surface area contributed by atoms with E-state index < -0.39 is 12.0 Å². The second kappa shape index (κ2) is 9.28. The average Bonchev–Trinajstić information content (AvgIpc) is 3.49. The van der Waals surface area contributed by atoms with Gasteiger partial charge in [-0.2, -0.15) is 0 Å². The lowest BCUT2D eigenvalue weighted by atomic mass is 10.0. The van der Waals surface area contributed by atoms with Gasteiger partial charge in [0, 0.05) is 23.0 Å². The molecule has 1 aliphatic carbocycles. The van der Waals surface area contributed by atoms with Gasteiger partial charge in [-0.05, 0) is 44.2 Å². The zero-order valence-corrected chi connectivity index (χ0v) is 18.1. The van der Waals surface area contributed by atoms with Gasteiger partial charge < -0.3 is 14.6 Å². The van der Waals surface area contributed by atoms with Crippen LogP contribution in [0, 0.1) is 19.8 Å². The molecule has 0 bridgehead atoms. The lowest BCUT2D eigenvalue weighted by Crippen LogP contribution is -2.46. The number of ether oxygens (including phenoxy) is 1. The topological polar surface area (TPSA) is 77.4 Å². The van der Waals surface area contributed by atoms with E-state index >= 15 is 0 Å². The van der Waals surface area contributed by atoms with E-state index in [9.17, 15) is 14.4 Å². The Morgan fingerprint density at radius 1 is 1.13 bits per heavy atom. The summed E-state index contributed by atoms with van der Waals surface area (Å²) in [5.41, 5.74) is 3.44. The Hall–Kier alpha value is -2.89. The molecule has 6 heteroatoms. The van der Waals surface area contributed by atoms with Crippen molar-refractivity contribution < 1.29 is 19.1 Å². The quantitative estimate of drug-likeness (QED) is 0.507. The Kier molecular flexibility index (Phi) is 6.75. The molecule has 0 spiro atoms. The van der Waals surface area contributed by atoms with Crippen molar-refractivity contribution in [2.45, 2.75) is 59.0 Å². The number of aryl methyl sites for hydroxylation is 1. The van der Waals surface area contributed by atoms with Gasteiger partial charge in [0.25, 0.3) is 0 Å². The van der Waals surface area contributed by atoms with Gasteiger partial charge in [0.05, 0.1) is 6.42 Å². The number of hydrogen-bond acceptors (Lipinski definition) is 4. The number of benzene rings is 1. The molecule has 1 atom stereocenters. The molecule has 1 aromatic carbocycles. The minimum Gasteiger partial charge on any atom is -0.456 e. The fourth-order valence-corrected chi connectivity index (χ4v) is 3.76. The Morgan fingerprint density at radius 3 is 2.40 bits per heavy atom. The molecule has 1 saturated carbocycles. The first-order valence-electron chi connectivity index (χ1n) is 10.5. The molecule has 2 aromatic rings. The molecule has 3 rings (SSSR count). The van der Waals surface area contributed by atoms with E-state index in [1.807, 2.05) is 64.1 Å². The Balaban J connectivity index is 1.58. The van der Waals surface area contributed by atoms with Crippen molar-refractivity contribution in [1.29, 1.82) is 0 Å². The lowest BCUT2D eigenvalue weighted by Gasteiger charge is -2.20. The summed E-state index contributed by atoms with van der Waals surface area (Å²) in [6.45, 7) is 7.26. The predicted molar refractivity (Wildman–Crippen MR) is 114 cm³/mol. The Bertz CT molecular complexity index is 926. The first-order chi connectivity index (χ1) is 14.3. The van der Waals surface area contributed by atoms with Crippen LogP contribution in [0.15, 0.2) is 36.4 Å². The van der Waals surface area contributed by atoms with Crippen molar-refractivity contribution in [2.24, 2.45) is 5.92 Å². The number of esters is 1. The predicted octanol–water partition coefficient (Wildman–Crippen LogP) is 3.55. The van der Waals surface area contributed by atoms with Gasteiger partial charge in [0.1, 0.15) is 6.04 Å². The molecule has 0 saturated heterocycles. The normalized spacial score (nSPS) is 14.4. The van der Waals surface area contributed by atoms with Crippen LogP contribution in [0.5, 0.6) is 0 Å². The van der Waals surface area contributed by atoms with E-state index in [1.165, 1.54) is 0 Å². The van der Waals surface area contributed by atoms with E-state index in [0.29, 0.717) is 11.6 Å². The maximum Gasteiger partial charge on any atom is 0.329 e. The fourth-order valence-electron chi connectivity index (χ4n) is 3.76. The fraction of sp³-hybridized carbons (Fsp3) is 0.458. The zero-order valence-electron chi connectivity index (χ0n) is 18.1. The van der Waals surface area contributed by atoms with Crippen LogP contribution < -0.4 is 5.32 Å². The van der Waals surface area contributed by atoms with Crippen LogP contribution >= 0.6 is 0 Å². The molecule has 6 nitrogen and oxygen atoms in total. The Labute approximate surface area is 177 Å². The van der Waals surface area contributed by atoms with E-state index in [2.05, 4.69) is 9.88 Å². The summed E-state index contributed by atoms with van der Waals surface area (Å²) in [5, 5.41) is 2.75. The van der Waals surface area contributed by atoms with Crippen molar-refractivity contribution >= 4 is 17.7 Å². The third-order valence-electron chi connectivity index (χ3n) is 5.49. The summed E-state index contributed by atoms with van der Waals surface area (Å²) in [5.74, 6) is -1.22. The molecule has 30 heavy (non-hydrogen) atoms. The largest absolute Gasteiger partial charge is 0.456 e. The van der Waals surface area contributed by atoms with Crippen molar-refractivity contribution in [3.05, 3.63) is 58.9 Å². The molecule has 0 radical (unpaired) electrons. The van der Waals surface area contributed by atoms with Crippen molar-refractivity contribution in [3.63, 3.8) is 0 Å². The van der Waals surface area contributed by atoms with Crippen LogP contribution in [0.1, 0.15) is 60.0 Å². The number of hydrogen-bond donors (Lipinski definition) is 1. The second-order valence-electron chi connectivity index (χ2n) is 8.37. The molecule has 0 unspecified atom stereocenters. The van der Waals surface area contributed by atoms with Gasteiger partial charge in [0.2, 0.25) is 11.7 Å². The molecule has 160 valence electrons. The van der Waals surface area contributed by atoms with Crippen LogP contribution in [-0.2, 0) is 20.7 Å². The smallest absolute Gasteiger partial charge is 0.329 e. The molecule has 0 aliphatic heterocycles. The third-order valence-corrected chi connectivity index (χ3v) is 5.49. The van der Waals surface area contributed by atoms with E-state index in [1.54, 1.807) is 0 Å². The number of amides is 1. The van der Waals surface area contributed by atoms with Gasteiger partial charge in [0.15, 0.2) is 6.61 Å². The van der Waals surface area contributed by atoms with Gasteiger partial charge in [-0.3, -0.25) is 9.59 Å². The molecule has 1 aromatic heterocycles. The van der Waals surface area contributed by atoms with Crippen molar-refractivity contribution in [2.75, 3.05) is 6.61 Å². The van der Waals surface area contributed by atoms with Gasteiger partial charge >= 0.3 is 5.97 Å². The monoisotopic (exact) mass is 410 g/mol. The third kappa shape index (κ3) is 5.17. The van der Waals surface area contributed by atoms with Crippen LogP contribution in [-0.4, -0.2) is 34.9 Å². The highest BCUT2D eigenvalue weighted by atomic mass is 16.5. The highest BCUT2D eigenvalue weighted by molar-refractivity contribution is 5.99. The number of carbonyl (C=O) groups excluding carboxylic acids is 3. The van der Waals surface area contributed by atoms with Gasteiger partial charge in [-0.25, -0.2) is 4.79 Å². The lowest BCUT2D eigenvalue weighted by molar-refractivity contribution is -0.148. The first kappa shape index (κ1) is 21.8. The van der Waals surface area contributed by atoms with Gasteiger partial charge in [-0.1, -0.05) is 44.2 Å². The zero-order chi connectivity index (χ0) is 21.8. The Morgan fingerprint density at radius 2 is 1.80 bits per heavy atom. The number of nitrogens with zero attached hydrogens (tertiary/aromatic N) is 1. The molecule has 1 fully saturated rings. The summed E-state index contributed by atoms with van der Waals surface area (Å²) >= 11 is 0. The molecule has 1 N–H and O–H groups in total. The average molecular weight is 411 g/mol. The highest BCUT2D eigenvalue weighted by Gasteiger charge is 2.30. The van der Waals surface area contributed by atoms with Crippen LogP contribution in [0.2, 0.25) is 0 Å². The highest BCUT2D eigenvalue weighted by Crippen LogP contribution is 2.38. The number of nitrogens with one attached hydrogen (secondary N) is 1. The van der Waals surface area contributed by atoms with Crippen LogP contribution in [0.25, 0.3) is 0 Å². The molecule has 1 aliphatic rings. The second-order valence-corrected chi connectivity index (χ2v) is 8.37. The van der Waals surface area contributed by atoms with E-state index in [0.717, 1.165) is 29.8 Å². The molecular formula is C24H30N2O4. The molecular weight excluding hydrogens is 380 g/mol. The van der Waals surface area contributed by atoms with Crippen LogP contribution in [0.3, 0.4) is 0 Å². The minimum atomic E-state index is -0.798. The standard InChI is InChI=1S/C24H30N2O4/c1-15(2)23(25-22(28)13-18-8-6-5-7-9-18)24(29)30-14-21(27)20-12-16(3)26(17(20)4)19-10-11-19/h5-9,12,15,19,23H,10-11,13-14H2,1-4H3,(H,25,28)/t23-/m0/s1. The summed E-state index contributed by atoms with van der Waals surface area (Å²) in [6, 6.07) is 10.9. The summed E-state index contributed by atoms with van der Waals surface area (Å²) in [4.78, 5) is 37.6. The summed E-state index contributed by atoms with van der Waals surface area (Å²) in [6.07, 6.45) is 2.46. The minimum absolute atomic E-state index is 0.160. The van der Waals surface area contributed by atoms with Crippen molar-refractivity contribution in [3.8, 4) is 0 Å². The number of Topliss-reactive ketones (excluding diaryl/α,β-unsaturated/α-hetero) is 1. The number of ketones is 1. The van der Waals surface area contributed by atoms with Gasteiger partial charge in [-0.15, -0.1) is 0 Å². The summed E-state index contributed by atoms with van der Waals surface area (Å²) in [7, 11) is 0. The van der Waals surface area contributed by atoms with Crippen molar-refractivity contribution in [1.82, 2.24) is 9.88 Å². The number of carbonyl (C=O) groups is 3.